The first-order valence-electron chi connectivity index (χ1n) is 5.89. The summed E-state index contributed by atoms with van der Waals surface area (Å²) in [5.41, 5.74) is 0.557. The zero-order valence-corrected chi connectivity index (χ0v) is 13.2. The van der Waals surface area contributed by atoms with Gasteiger partial charge >= 0.3 is 114 Å². The Morgan fingerprint density at radius 2 is 1.64 bits per heavy atom. The van der Waals surface area contributed by atoms with E-state index in [2.05, 4.69) is 5.11 Å². The summed E-state index contributed by atoms with van der Waals surface area (Å²) < 4.78 is 70.1. The minimum absolute atomic E-state index is 0.121. The third-order valence-electron chi connectivity index (χ3n) is 2.11. The van der Waals surface area contributed by atoms with E-state index < -0.39 is 8.00 Å². The van der Waals surface area contributed by atoms with Gasteiger partial charge in [-0.1, -0.05) is 0 Å². The van der Waals surface area contributed by atoms with Crippen molar-refractivity contribution >= 4 is 19.4 Å². The number of halogens is 6. The molecule has 1 rings (SSSR count). The van der Waals surface area contributed by atoms with Gasteiger partial charge in [-0.15, -0.1) is 0 Å². The van der Waals surface area contributed by atoms with E-state index in [9.17, 15) is 16.8 Å². The maximum atomic E-state index is 12.2. The Bertz CT molecular complexity index is 509. The Morgan fingerprint density at radius 1 is 1.09 bits per heavy atom. The van der Waals surface area contributed by atoms with E-state index in [0.717, 1.165) is 5.69 Å². The predicted octanol–water partition coefficient (Wildman–Crippen LogP) is 6.47. The van der Waals surface area contributed by atoms with Gasteiger partial charge in [-0.2, -0.15) is 0 Å². The van der Waals surface area contributed by atoms with E-state index >= 15 is 0 Å². The van der Waals surface area contributed by atoms with Gasteiger partial charge in [-0.05, 0) is 0 Å². The zero-order valence-electron chi connectivity index (χ0n) is 12.3. The number of ether oxygens (including phenoxy) is 1. The molecule has 1 aromatic carbocycles. The van der Waals surface area contributed by atoms with Crippen molar-refractivity contribution in [2.45, 2.75) is 20.0 Å². The summed E-state index contributed by atoms with van der Waals surface area (Å²) in [6.07, 6.45) is -0.261. The number of rotatable bonds is 5. The maximum Gasteiger partial charge on any atom is 0 e. The van der Waals surface area contributed by atoms with Crippen molar-refractivity contribution < 1.29 is 30.7 Å². The molecule has 0 bridgehead atoms. The zero-order chi connectivity index (χ0) is 17.6. The topological polar surface area (TPSA) is 37.2 Å². The fourth-order valence-corrected chi connectivity index (χ4v) is 1.56. The Morgan fingerprint density at radius 3 is 2.05 bits per heavy atom. The van der Waals surface area contributed by atoms with Gasteiger partial charge in [0.05, 0.1) is 0 Å². The maximum absolute atomic E-state index is 12.2. The van der Waals surface area contributed by atoms with Crippen molar-refractivity contribution in [2.75, 3.05) is 19.0 Å². The van der Waals surface area contributed by atoms with E-state index in [0.29, 0.717) is 0 Å². The van der Waals surface area contributed by atoms with Crippen LogP contribution in [-0.2, 0) is 0 Å². The number of anilines is 1. The molecule has 0 aliphatic heterocycles. The largest absolute Gasteiger partial charge is 0 e. The van der Waals surface area contributed by atoms with E-state index in [1.165, 1.54) is 12.1 Å². The standard InChI is InChI=1S/C11H16F4N3OP.F2/c1-8(2)19-11-7-9(18(3)4)5-6-10(11)16-17-20(12,13,14)15;1-2/h5-8H,1-4H3;. The second-order valence-corrected chi connectivity index (χ2v) is 6.14. The first kappa shape index (κ1) is 20.4. The van der Waals surface area contributed by atoms with E-state index in [4.69, 9.17) is 13.9 Å². The molecule has 0 unspecified atom stereocenters. The Labute approximate surface area is 124 Å². The van der Waals surface area contributed by atoms with Crippen molar-refractivity contribution in [1.29, 1.82) is 0 Å². The van der Waals surface area contributed by atoms with Crippen LogP contribution in [0, 0.1) is 0 Å². The van der Waals surface area contributed by atoms with Gasteiger partial charge in [0, 0.05) is 9.15 Å². The molecule has 0 fully saturated rings. The summed E-state index contributed by atoms with van der Waals surface area (Å²) in [4.78, 5) is 3.65. The molecule has 0 aromatic heterocycles. The molecule has 0 aliphatic carbocycles. The molecule has 0 atom stereocenters. The van der Waals surface area contributed by atoms with Gasteiger partial charge in [0.25, 0.3) is 0 Å². The fourth-order valence-electron chi connectivity index (χ4n) is 1.33. The molecule has 0 saturated carbocycles. The number of hydrogen-bond donors (Lipinski definition) is 0. The van der Waals surface area contributed by atoms with Crippen LogP contribution in [-0.4, -0.2) is 20.2 Å². The van der Waals surface area contributed by atoms with Gasteiger partial charge in [-0.25, -0.2) is 0 Å². The molecule has 0 heterocycles. The van der Waals surface area contributed by atoms with Gasteiger partial charge < -0.3 is 0 Å². The van der Waals surface area contributed by atoms with Gasteiger partial charge in [0.15, 0.2) is 0 Å². The molecule has 0 spiro atoms. The molecular weight excluding hydrogens is 335 g/mol. The minimum Gasteiger partial charge on any atom is 0 e. The van der Waals surface area contributed by atoms with Crippen LogP contribution < -0.4 is 9.64 Å². The summed E-state index contributed by atoms with van der Waals surface area (Å²) >= 11 is 0. The summed E-state index contributed by atoms with van der Waals surface area (Å²) in [5.74, 6) is 0.121. The van der Waals surface area contributed by atoms with Crippen LogP contribution >= 0.6 is 8.00 Å². The monoisotopic (exact) mass is 351 g/mol. The summed E-state index contributed by atoms with van der Waals surface area (Å²) in [6, 6.07) is 4.37. The molecule has 128 valence electrons. The predicted molar refractivity (Wildman–Crippen MR) is 74.6 cm³/mol. The molecule has 1 aromatic rings. The molecule has 22 heavy (non-hydrogen) atoms. The van der Waals surface area contributed by atoms with Crippen LogP contribution in [0.15, 0.2) is 28.2 Å². The third-order valence-corrected chi connectivity index (χ3v) is 2.47. The van der Waals surface area contributed by atoms with Gasteiger partial charge in [0.2, 0.25) is 0 Å². The fraction of sp³-hybridized carbons (Fsp3) is 0.455. The van der Waals surface area contributed by atoms with E-state index in [1.807, 2.05) is 4.88 Å². The third kappa shape index (κ3) is 8.02. The van der Waals surface area contributed by atoms with Crippen LogP contribution in [0.3, 0.4) is 0 Å². The normalized spacial score (nSPS) is 13.3. The number of nitrogens with zero attached hydrogens (tertiary/aromatic N) is 3. The Balaban J connectivity index is 0.00000211. The molecular formula is C11H16F6N3OP. The van der Waals surface area contributed by atoms with Crippen LogP contribution in [0.2, 0.25) is 0 Å². The number of hydrogen-bond acceptors (Lipinski definition) is 4. The van der Waals surface area contributed by atoms with Gasteiger partial charge in [-0.3, -0.25) is 0 Å². The van der Waals surface area contributed by atoms with Gasteiger partial charge in [0.1, 0.15) is 0 Å². The first-order valence-corrected chi connectivity index (χ1v) is 7.65. The molecule has 0 N–H and O–H groups in total. The van der Waals surface area contributed by atoms with Crippen molar-refractivity contribution in [1.82, 2.24) is 0 Å². The molecule has 0 radical (unpaired) electrons. The second-order valence-electron chi connectivity index (χ2n) is 4.59. The van der Waals surface area contributed by atoms with E-state index in [-0.39, 0.29) is 17.5 Å². The molecule has 11 heteroatoms. The number of benzene rings is 1. The van der Waals surface area contributed by atoms with Crippen molar-refractivity contribution in [3.8, 4) is 5.75 Å². The summed E-state index contributed by atoms with van der Waals surface area (Å²) in [6.45, 7) is 3.44. The minimum atomic E-state index is -8.01. The molecule has 0 amide bonds. The SMILES string of the molecule is CC(C)Oc1cc(N(C)C)ccc1N=NP(F)(F)(F)F.FF. The summed E-state index contributed by atoms with van der Waals surface area (Å²) in [7, 11) is -4.46. The van der Waals surface area contributed by atoms with Crippen molar-refractivity contribution in [2.24, 2.45) is 10.00 Å². The van der Waals surface area contributed by atoms with Crippen molar-refractivity contribution in [3.63, 3.8) is 0 Å². The Kier molecular flexibility index (Phi) is 7.08. The van der Waals surface area contributed by atoms with Crippen LogP contribution in [0.5, 0.6) is 5.75 Å². The average molecular weight is 351 g/mol. The smallest absolute Gasteiger partial charge is 0 e. The van der Waals surface area contributed by atoms with Crippen LogP contribution in [0.1, 0.15) is 13.8 Å². The first-order chi connectivity index (χ1) is 9.94. The second kappa shape index (κ2) is 7.62. The molecule has 0 aliphatic rings. The Hall–Kier alpha value is -1.57. The summed E-state index contributed by atoms with van der Waals surface area (Å²) in [5, 5.41) is 2.94. The van der Waals surface area contributed by atoms with Crippen LogP contribution in [0.4, 0.5) is 37.3 Å². The van der Waals surface area contributed by atoms with Crippen LogP contribution in [0.25, 0.3) is 0 Å². The van der Waals surface area contributed by atoms with E-state index in [1.54, 1.807) is 38.9 Å². The molecule has 0 saturated heterocycles. The average Bonchev–Trinajstić information content (AvgIpc) is 2.37. The molecule has 4 nitrogen and oxygen atoms in total. The quantitative estimate of drug-likeness (QED) is 0.346. The van der Waals surface area contributed by atoms with Crippen molar-refractivity contribution in [3.05, 3.63) is 18.2 Å².